The quantitative estimate of drug-likeness (QED) is 0.513. The number of nitrogens with one attached hydrogen (secondary N) is 1. The summed E-state index contributed by atoms with van der Waals surface area (Å²) in [4.78, 5) is 25.2. The second kappa shape index (κ2) is 6.75. The molecular formula is C13H10N4O4. The average Bonchev–Trinajstić information content (AvgIpc) is 2.97. The second-order valence-corrected chi connectivity index (χ2v) is 3.75. The molecule has 2 aromatic rings. The van der Waals surface area contributed by atoms with E-state index >= 15 is 0 Å². The highest BCUT2D eigenvalue weighted by atomic mass is 16.6. The summed E-state index contributed by atoms with van der Waals surface area (Å²) < 4.78 is 4.90. The van der Waals surface area contributed by atoms with Crippen LogP contribution in [0.15, 0.2) is 52.3 Å². The zero-order valence-corrected chi connectivity index (χ0v) is 10.7. The predicted octanol–water partition coefficient (Wildman–Crippen LogP) is 2.01. The van der Waals surface area contributed by atoms with Gasteiger partial charge in [0.2, 0.25) is 0 Å². The molecule has 0 aliphatic rings. The van der Waals surface area contributed by atoms with Gasteiger partial charge in [0.25, 0.3) is 5.91 Å². The van der Waals surface area contributed by atoms with Gasteiger partial charge in [-0.25, -0.2) is 5.43 Å². The minimum absolute atomic E-state index is 0.312. The Morgan fingerprint density at radius 2 is 2.29 bits per heavy atom. The maximum absolute atomic E-state index is 11.6. The van der Waals surface area contributed by atoms with Gasteiger partial charge in [-0.1, -0.05) is 0 Å². The topological polar surface area (TPSA) is 111 Å². The van der Waals surface area contributed by atoms with Crippen LogP contribution >= 0.6 is 0 Å². The van der Waals surface area contributed by atoms with Crippen molar-refractivity contribution in [3.05, 3.63) is 64.2 Å². The summed E-state index contributed by atoms with van der Waals surface area (Å²) in [5, 5.41) is 14.1. The van der Waals surface area contributed by atoms with Crippen molar-refractivity contribution < 1.29 is 14.1 Å². The Bertz CT molecular complexity index is 691. The zero-order valence-electron chi connectivity index (χ0n) is 10.7. The number of carbonyl (C=O) groups excluding carboxylic acids is 1. The van der Waals surface area contributed by atoms with Gasteiger partial charge in [-0.2, -0.15) is 5.10 Å². The number of aromatic nitrogens is 1. The Labute approximate surface area is 119 Å². The van der Waals surface area contributed by atoms with Gasteiger partial charge < -0.3 is 4.42 Å². The standard InChI is InChI=1S/C13H10N4O4/c18-13(10-3-1-7-14-9-10)16-15-8-2-4-11-5-6-12(21-11)17(19)20/h1-9H,(H,16,18). The van der Waals surface area contributed by atoms with Crippen molar-refractivity contribution in [1.82, 2.24) is 10.4 Å². The molecule has 2 aromatic heterocycles. The molecule has 0 aliphatic carbocycles. The number of pyridine rings is 1. The first kappa shape index (κ1) is 14.1. The van der Waals surface area contributed by atoms with Crippen LogP contribution in [0.25, 0.3) is 6.08 Å². The van der Waals surface area contributed by atoms with E-state index in [0.717, 1.165) is 0 Å². The Kier molecular flexibility index (Phi) is 4.54. The summed E-state index contributed by atoms with van der Waals surface area (Å²) in [5.74, 6) is -0.412. The molecule has 0 bridgehead atoms. The van der Waals surface area contributed by atoms with Crippen molar-refractivity contribution in [2.45, 2.75) is 0 Å². The fraction of sp³-hybridized carbons (Fsp3) is 0. The van der Waals surface area contributed by atoms with E-state index < -0.39 is 4.92 Å². The van der Waals surface area contributed by atoms with Crippen molar-refractivity contribution in [2.24, 2.45) is 5.10 Å². The molecule has 0 saturated heterocycles. The van der Waals surface area contributed by atoms with Crippen LogP contribution in [0.3, 0.4) is 0 Å². The number of hydrazone groups is 1. The van der Waals surface area contributed by atoms with Crippen LogP contribution in [0.4, 0.5) is 5.88 Å². The number of rotatable bonds is 5. The van der Waals surface area contributed by atoms with Crippen LogP contribution in [-0.2, 0) is 0 Å². The lowest BCUT2D eigenvalue weighted by Crippen LogP contribution is -2.17. The summed E-state index contributed by atoms with van der Waals surface area (Å²) in [6.45, 7) is 0. The summed E-state index contributed by atoms with van der Waals surface area (Å²) in [7, 11) is 0. The van der Waals surface area contributed by atoms with E-state index in [-0.39, 0.29) is 11.8 Å². The van der Waals surface area contributed by atoms with Crippen LogP contribution in [0.2, 0.25) is 0 Å². The van der Waals surface area contributed by atoms with Gasteiger partial charge in [0.15, 0.2) is 0 Å². The average molecular weight is 286 g/mol. The number of furan rings is 1. The summed E-state index contributed by atoms with van der Waals surface area (Å²) >= 11 is 0. The minimum atomic E-state index is -0.625. The second-order valence-electron chi connectivity index (χ2n) is 3.75. The molecule has 0 atom stereocenters. The lowest BCUT2D eigenvalue weighted by atomic mass is 10.3. The Hall–Kier alpha value is -3.29. The van der Waals surface area contributed by atoms with E-state index in [1.807, 2.05) is 0 Å². The van der Waals surface area contributed by atoms with Crippen LogP contribution in [0.1, 0.15) is 16.1 Å². The molecule has 0 aliphatic heterocycles. The summed E-state index contributed by atoms with van der Waals surface area (Å²) in [6.07, 6.45) is 7.26. The molecule has 0 radical (unpaired) electrons. The number of carbonyl (C=O) groups is 1. The number of hydrogen-bond acceptors (Lipinski definition) is 6. The third-order valence-electron chi connectivity index (χ3n) is 2.30. The number of amides is 1. The minimum Gasteiger partial charge on any atom is -0.401 e. The highest BCUT2D eigenvalue weighted by Crippen LogP contribution is 2.16. The lowest BCUT2D eigenvalue weighted by molar-refractivity contribution is -0.402. The molecule has 8 heteroatoms. The molecule has 2 rings (SSSR count). The normalized spacial score (nSPS) is 11.0. The molecule has 0 fully saturated rings. The largest absolute Gasteiger partial charge is 0.433 e. The lowest BCUT2D eigenvalue weighted by Gasteiger charge is -1.96. The summed E-state index contributed by atoms with van der Waals surface area (Å²) in [5.41, 5.74) is 2.70. The Morgan fingerprint density at radius 3 is 2.95 bits per heavy atom. The maximum atomic E-state index is 11.6. The fourth-order valence-corrected chi connectivity index (χ4v) is 1.37. The van der Waals surface area contributed by atoms with Crippen molar-refractivity contribution >= 4 is 24.1 Å². The highest BCUT2D eigenvalue weighted by molar-refractivity contribution is 5.94. The predicted molar refractivity (Wildman–Crippen MR) is 74.6 cm³/mol. The molecule has 0 spiro atoms. The van der Waals surface area contributed by atoms with E-state index in [2.05, 4.69) is 15.5 Å². The van der Waals surface area contributed by atoms with Crippen molar-refractivity contribution in [2.75, 3.05) is 0 Å². The van der Waals surface area contributed by atoms with Crippen molar-refractivity contribution in [3.63, 3.8) is 0 Å². The van der Waals surface area contributed by atoms with E-state index in [9.17, 15) is 14.9 Å². The van der Waals surface area contributed by atoms with E-state index in [0.29, 0.717) is 11.3 Å². The van der Waals surface area contributed by atoms with Crippen LogP contribution in [0.5, 0.6) is 0 Å². The van der Waals surface area contributed by atoms with Crippen molar-refractivity contribution in [1.29, 1.82) is 0 Å². The molecule has 0 aromatic carbocycles. The molecule has 1 amide bonds. The monoisotopic (exact) mass is 286 g/mol. The van der Waals surface area contributed by atoms with E-state index in [1.54, 1.807) is 18.3 Å². The maximum Gasteiger partial charge on any atom is 0.433 e. The molecule has 21 heavy (non-hydrogen) atoms. The first-order valence-electron chi connectivity index (χ1n) is 5.81. The molecule has 8 nitrogen and oxygen atoms in total. The van der Waals surface area contributed by atoms with Gasteiger partial charge in [0, 0.05) is 18.6 Å². The third kappa shape index (κ3) is 4.10. The first-order chi connectivity index (χ1) is 10.2. The number of nitro groups is 1. The van der Waals surface area contributed by atoms with E-state index in [1.165, 1.54) is 36.7 Å². The van der Waals surface area contributed by atoms with Crippen LogP contribution in [0, 0.1) is 10.1 Å². The molecule has 106 valence electrons. The third-order valence-corrected chi connectivity index (χ3v) is 2.30. The number of hydrogen-bond donors (Lipinski definition) is 1. The summed E-state index contributed by atoms with van der Waals surface area (Å²) in [6, 6.07) is 5.95. The fourth-order valence-electron chi connectivity index (χ4n) is 1.37. The Balaban J connectivity index is 1.86. The molecule has 1 N–H and O–H groups in total. The van der Waals surface area contributed by atoms with Crippen LogP contribution < -0.4 is 5.43 Å². The first-order valence-corrected chi connectivity index (χ1v) is 5.81. The highest BCUT2D eigenvalue weighted by Gasteiger charge is 2.09. The smallest absolute Gasteiger partial charge is 0.401 e. The van der Waals surface area contributed by atoms with Crippen molar-refractivity contribution in [3.8, 4) is 0 Å². The molecule has 0 unspecified atom stereocenters. The Morgan fingerprint density at radius 1 is 1.43 bits per heavy atom. The number of allylic oxidation sites excluding steroid dienone is 1. The molecular weight excluding hydrogens is 276 g/mol. The van der Waals surface area contributed by atoms with Gasteiger partial charge in [-0.05, 0) is 30.4 Å². The van der Waals surface area contributed by atoms with E-state index in [4.69, 9.17) is 4.42 Å². The molecule has 0 saturated carbocycles. The van der Waals surface area contributed by atoms with Gasteiger partial charge in [-0.3, -0.25) is 19.9 Å². The SMILES string of the molecule is O=C(NN=CC=Cc1ccc([N+](=O)[O-])o1)c1cccnc1. The number of nitrogens with zero attached hydrogens (tertiary/aromatic N) is 3. The van der Waals surface area contributed by atoms with Gasteiger partial charge in [-0.15, -0.1) is 0 Å². The van der Waals surface area contributed by atoms with Crippen LogP contribution in [-0.4, -0.2) is 22.0 Å². The zero-order chi connectivity index (χ0) is 15.1. The van der Waals surface area contributed by atoms with Gasteiger partial charge in [0.05, 0.1) is 11.6 Å². The van der Waals surface area contributed by atoms with Gasteiger partial charge in [0.1, 0.15) is 10.7 Å². The van der Waals surface area contributed by atoms with Gasteiger partial charge >= 0.3 is 5.88 Å². The molecule has 2 heterocycles.